The van der Waals surface area contributed by atoms with Gasteiger partial charge >= 0.3 is 0 Å². The summed E-state index contributed by atoms with van der Waals surface area (Å²) in [5.74, 6) is -0.520. The van der Waals surface area contributed by atoms with E-state index in [2.05, 4.69) is 5.32 Å². The van der Waals surface area contributed by atoms with Crippen molar-refractivity contribution in [2.75, 3.05) is 6.61 Å². The molecule has 1 aromatic carbocycles. The summed E-state index contributed by atoms with van der Waals surface area (Å²) in [6.07, 6.45) is -4.04. The first-order valence-electron chi connectivity index (χ1n) is 6.29. The zero-order chi connectivity index (χ0) is 15.6. The monoisotopic (exact) mass is 409 g/mol. The number of rotatable bonds is 3. The fourth-order valence-corrected chi connectivity index (χ4v) is 2.97. The fourth-order valence-electron chi connectivity index (χ4n) is 2.12. The number of aliphatic hydroxyl groups is 4. The van der Waals surface area contributed by atoms with Crippen molar-refractivity contribution in [2.45, 2.75) is 28.1 Å². The SMILES string of the molecule is O=C(N[C@@H]1[C@@H](O)[C@H](O)[C@@H](CO)OC1(O)I)c1ccccc1. The molecule has 0 aliphatic carbocycles. The number of carbonyl (C=O) groups excluding carboxylic acids is 1. The molecule has 2 rings (SSSR count). The Kier molecular flexibility index (Phi) is 5.17. The first-order valence-corrected chi connectivity index (χ1v) is 7.36. The largest absolute Gasteiger partial charge is 0.394 e. The Labute approximate surface area is 134 Å². The standard InChI is InChI=1S/C13H16INO6/c14-13(20)11(10(18)9(17)8(6-16)21-13)15-12(19)7-4-2-1-3-5-7/h1-5,8-11,16-18,20H,6H2,(H,15,19)/t8-,9-,10+,11-,13?/m1/s1. The lowest BCUT2D eigenvalue weighted by atomic mass is 9.96. The predicted molar refractivity (Wildman–Crippen MR) is 80.6 cm³/mol. The molecule has 0 spiro atoms. The van der Waals surface area contributed by atoms with Gasteiger partial charge in [-0.3, -0.25) is 4.79 Å². The maximum atomic E-state index is 12.1. The van der Waals surface area contributed by atoms with E-state index in [1.54, 1.807) is 30.3 Å². The van der Waals surface area contributed by atoms with Crippen LogP contribution < -0.4 is 5.32 Å². The first-order chi connectivity index (χ1) is 9.86. The molecule has 1 aliphatic heterocycles. The smallest absolute Gasteiger partial charge is 0.251 e. The van der Waals surface area contributed by atoms with E-state index in [0.29, 0.717) is 5.56 Å². The minimum absolute atomic E-state index is 0.343. The Morgan fingerprint density at radius 2 is 1.90 bits per heavy atom. The summed E-state index contributed by atoms with van der Waals surface area (Å²) in [7, 11) is 0. The summed E-state index contributed by atoms with van der Waals surface area (Å²) in [5, 5.41) is 41.6. The second kappa shape index (κ2) is 6.55. The Morgan fingerprint density at radius 3 is 2.48 bits per heavy atom. The molecule has 1 unspecified atom stereocenters. The number of hydrogen-bond donors (Lipinski definition) is 5. The molecule has 1 fully saturated rings. The highest BCUT2D eigenvalue weighted by Crippen LogP contribution is 2.33. The minimum atomic E-state index is -1.95. The normalized spacial score (nSPS) is 36.2. The van der Waals surface area contributed by atoms with E-state index in [9.17, 15) is 20.1 Å². The molecule has 7 nitrogen and oxygen atoms in total. The molecule has 1 aromatic rings. The van der Waals surface area contributed by atoms with Crippen LogP contribution in [0.25, 0.3) is 0 Å². The van der Waals surface area contributed by atoms with Crippen molar-refractivity contribution >= 4 is 28.5 Å². The van der Waals surface area contributed by atoms with Crippen LogP contribution in [0.4, 0.5) is 0 Å². The van der Waals surface area contributed by atoms with E-state index >= 15 is 0 Å². The summed E-state index contributed by atoms with van der Waals surface area (Å²) in [5.41, 5.74) is 0.343. The van der Waals surface area contributed by atoms with Gasteiger partial charge in [0.2, 0.25) is 3.79 Å². The third-order valence-corrected chi connectivity index (χ3v) is 4.20. The lowest BCUT2D eigenvalue weighted by Crippen LogP contribution is -2.68. The van der Waals surface area contributed by atoms with Crippen molar-refractivity contribution in [3.63, 3.8) is 0 Å². The highest BCUT2D eigenvalue weighted by molar-refractivity contribution is 14.1. The maximum absolute atomic E-state index is 12.1. The number of ether oxygens (including phenoxy) is 1. The molecule has 116 valence electrons. The molecule has 0 saturated carbocycles. The highest BCUT2D eigenvalue weighted by Gasteiger charge is 2.52. The minimum Gasteiger partial charge on any atom is -0.394 e. The molecule has 1 saturated heterocycles. The molecule has 1 aliphatic rings. The second-order valence-electron chi connectivity index (χ2n) is 4.75. The van der Waals surface area contributed by atoms with Gasteiger partial charge in [0.25, 0.3) is 5.91 Å². The van der Waals surface area contributed by atoms with Gasteiger partial charge < -0.3 is 30.5 Å². The van der Waals surface area contributed by atoms with Gasteiger partial charge in [0.15, 0.2) is 0 Å². The molecule has 0 bridgehead atoms. The zero-order valence-electron chi connectivity index (χ0n) is 10.9. The molecular weight excluding hydrogens is 393 g/mol. The first kappa shape index (κ1) is 16.6. The number of nitrogens with one attached hydrogen (secondary N) is 1. The van der Waals surface area contributed by atoms with Crippen molar-refractivity contribution in [1.82, 2.24) is 5.32 Å². The Morgan fingerprint density at radius 1 is 1.29 bits per heavy atom. The summed E-state index contributed by atoms with van der Waals surface area (Å²) in [4.78, 5) is 12.1. The van der Waals surface area contributed by atoms with E-state index in [-0.39, 0.29) is 0 Å². The molecule has 5 atom stereocenters. The quantitative estimate of drug-likeness (QED) is 0.322. The van der Waals surface area contributed by atoms with Crippen molar-refractivity contribution in [1.29, 1.82) is 0 Å². The van der Waals surface area contributed by atoms with Crippen LogP contribution >= 0.6 is 22.6 Å². The Balaban J connectivity index is 2.16. The van der Waals surface area contributed by atoms with Gasteiger partial charge in [0.05, 0.1) is 6.61 Å². The van der Waals surface area contributed by atoms with Crippen LogP contribution in [0.1, 0.15) is 10.4 Å². The molecule has 0 radical (unpaired) electrons. The molecule has 1 heterocycles. The number of carbonyl (C=O) groups is 1. The lowest BCUT2D eigenvalue weighted by molar-refractivity contribution is -0.262. The van der Waals surface area contributed by atoms with Gasteiger partial charge in [-0.25, -0.2) is 0 Å². The molecule has 8 heteroatoms. The summed E-state index contributed by atoms with van der Waals surface area (Å²) >= 11 is 1.51. The van der Waals surface area contributed by atoms with Crippen LogP contribution in [0, 0.1) is 0 Å². The van der Waals surface area contributed by atoms with Crippen LogP contribution in [0.5, 0.6) is 0 Å². The van der Waals surface area contributed by atoms with Crippen molar-refractivity contribution in [2.24, 2.45) is 0 Å². The predicted octanol–water partition coefficient (Wildman–Crippen LogP) is -1.02. The number of alkyl halides is 1. The van der Waals surface area contributed by atoms with Crippen LogP contribution in [0.3, 0.4) is 0 Å². The summed E-state index contributed by atoms with van der Waals surface area (Å²) in [6, 6.07) is 7.00. The second-order valence-corrected chi connectivity index (χ2v) is 6.29. The van der Waals surface area contributed by atoms with Gasteiger partial charge in [-0.05, 0) is 34.7 Å². The average molecular weight is 409 g/mol. The zero-order valence-corrected chi connectivity index (χ0v) is 13.0. The number of halogens is 1. The fraction of sp³-hybridized carbons (Fsp3) is 0.462. The summed E-state index contributed by atoms with van der Waals surface area (Å²) in [6.45, 7) is -0.567. The van der Waals surface area contributed by atoms with Gasteiger partial charge in [-0.1, -0.05) is 18.2 Å². The van der Waals surface area contributed by atoms with Gasteiger partial charge in [-0.15, -0.1) is 0 Å². The van der Waals surface area contributed by atoms with Crippen LogP contribution in [0.15, 0.2) is 30.3 Å². The van der Waals surface area contributed by atoms with E-state index < -0.39 is 40.7 Å². The van der Waals surface area contributed by atoms with E-state index in [4.69, 9.17) is 9.84 Å². The Hall–Kier alpha value is -0.780. The highest BCUT2D eigenvalue weighted by atomic mass is 127. The van der Waals surface area contributed by atoms with Gasteiger partial charge in [0, 0.05) is 5.56 Å². The number of benzene rings is 1. The molecule has 5 N–H and O–H groups in total. The number of amides is 1. The summed E-state index contributed by atoms with van der Waals surface area (Å²) < 4.78 is 3.17. The molecule has 0 aromatic heterocycles. The topological polar surface area (TPSA) is 119 Å². The average Bonchev–Trinajstić information content (AvgIpc) is 2.48. The van der Waals surface area contributed by atoms with Crippen molar-refractivity contribution in [3.8, 4) is 0 Å². The van der Waals surface area contributed by atoms with E-state index in [1.807, 2.05) is 0 Å². The lowest BCUT2D eigenvalue weighted by Gasteiger charge is -2.44. The molecule has 21 heavy (non-hydrogen) atoms. The Bertz CT molecular complexity index is 497. The van der Waals surface area contributed by atoms with Gasteiger partial charge in [0.1, 0.15) is 24.4 Å². The third kappa shape index (κ3) is 3.52. The van der Waals surface area contributed by atoms with E-state index in [1.165, 1.54) is 22.6 Å². The third-order valence-electron chi connectivity index (χ3n) is 3.28. The van der Waals surface area contributed by atoms with E-state index in [0.717, 1.165) is 0 Å². The van der Waals surface area contributed by atoms with Crippen LogP contribution in [-0.4, -0.2) is 61.1 Å². The van der Waals surface area contributed by atoms with Crippen molar-refractivity contribution in [3.05, 3.63) is 35.9 Å². The van der Waals surface area contributed by atoms with Crippen LogP contribution in [-0.2, 0) is 4.74 Å². The van der Waals surface area contributed by atoms with Crippen molar-refractivity contribution < 1.29 is 30.0 Å². The number of aliphatic hydroxyl groups excluding tert-OH is 3. The number of hydrogen-bond acceptors (Lipinski definition) is 6. The van der Waals surface area contributed by atoms with Crippen LogP contribution in [0.2, 0.25) is 0 Å². The van der Waals surface area contributed by atoms with Gasteiger partial charge in [-0.2, -0.15) is 0 Å². The maximum Gasteiger partial charge on any atom is 0.251 e. The molecular formula is C13H16INO6. The molecule has 1 amide bonds.